The molecule has 0 saturated heterocycles. The Hall–Kier alpha value is -1.62. The number of hydrogen-bond donors (Lipinski definition) is 1. The smallest absolute Gasteiger partial charge is 0.241 e. The average Bonchev–Trinajstić information content (AvgIpc) is 2.50. The number of halogens is 1. The lowest BCUT2D eigenvalue weighted by Gasteiger charge is -2.18. The number of benzene rings is 1. The fraction of sp³-hybridized carbons (Fsp3) is 0.533. The third-order valence-electron chi connectivity index (χ3n) is 3.18. The number of hydrogen-bond acceptors (Lipinski definition) is 4. The highest BCUT2D eigenvalue weighted by Gasteiger charge is 2.12. The van der Waals surface area contributed by atoms with Crippen molar-refractivity contribution in [1.82, 2.24) is 4.90 Å². The van der Waals surface area contributed by atoms with Crippen molar-refractivity contribution in [3.63, 3.8) is 0 Å². The molecule has 0 aliphatic heterocycles. The highest BCUT2D eigenvalue weighted by molar-refractivity contribution is 6.32. The van der Waals surface area contributed by atoms with Crippen molar-refractivity contribution in [2.45, 2.75) is 19.8 Å². The molecule has 0 spiro atoms. The highest BCUT2D eigenvalue weighted by Crippen LogP contribution is 2.35. The maximum Gasteiger partial charge on any atom is 0.241 e. The SMILES string of the molecule is CCCCN(C)C(=O)CNc1cc(OC)c(Cl)cc1OC. The lowest BCUT2D eigenvalue weighted by atomic mass is 10.2. The summed E-state index contributed by atoms with van der Waals surface area (Å²) in [7, 11) is 4.90. The number of carbonyl (C=O) groups is 1. The third kappa shape index (κ3) is 5.01. The van der Waals surface area contributed by atoms with Gasteiger partial charge < -0.3 is 19.7 Å². The number of anilines is 1. The molecule has 1 aromatic rings. The van der Waals surface area contributed by atoms with Gasteiger partial charge in [-0.05, 0) is 6.42 Å². The second-order valence-electron chi connectivity index (χ2n) is 4.71. The largest absolute Gasteiger partial charge is 0.495 e. The molecule has 5 nitrogen and oxygen atoms in total. The van der Waals surface area contributed by atoms with Crippen LogP contribution in [0.2, 0.25) is 5.02 Å². The highest BCUT2D eigenvalue weighted by atomic mass is 35.5. The summed E-state index contributed by atoms with van der Waals surface area (Å²) in [6.07, 6.45) is 2.06. The van der Waals surface area contributed by atoms with Gasteiger partial charge >= 0.3 is 0 Å². The second-order valence-corrected chi connectivity index (χ2v) is 5.12. The van der Waals surface area contributed by atoms with Gasteiger partial charge in [-0.3, -0.25) is 4.79 Å². The van der Waals surface area contributed by atoms with Crippen molar-refractivity contribution in [2.75, 3.05) is 39.7 Å². The normalized spacial score (nSPS) is 10.1. The molecule has 0 aliphatic rings. The molecule has 0 aromatic heterocycles. The fourth-order valence-electron chi connectivity index (χ4n) is 1.82. The first-order valence-corrected chi connectivity index (χ1v) is 7.30. The van der Waals surface area contributed by atoms with Gasteiger partial charge in [0.05, 0.1) is 31.5 Å². The van der Waals surface area contributed by atoms with Crippen LogP contribution >= 0.6 is 11.6 Å². The topological polar surface area (TPSA) is 50.8 Å². The summed E-state index contributed by atoms with van der Waals surface area (Å²) in [4.78, 5) is 13.7. The summed E-state index contributed by atoms with van der Waals surface area (Å²) in [5, 5.41) is 3.53. The molecule has 118 valence electrons. The first-order valence-electron chi connectivity index (χ1n) is 6.92. The molecule has 0 heterocycles. The number of amides is 1. The predicted octanol–water partition coefficient (Wildman–Crippen LogP) is 3.03. The molecular formula is C15H23ClN2O3. The first-order chi connectivity index (χ1) is 10.0. The van der Waals surface area contributed by atoms with Crippen molar-refractivity contribution >= 4 is 23.2 Å². The van der Waals surface area contributed by atoms with Crippen LogP contribution in [-0.2, 0) is 4.79 Å². The van der Waals surface area contributed by atoms with E-state index in [1.807, 2.05) is 0 Å². The summed E-state index contributed by atoms with van der Waals surface area (Å²) in [6.45, 7) is 3.06. The molecular weight excluding hydrogens is 292 g/mol. The predicted molar refractivity (Wildman–Crippen MR) is 85.6 cm³/mol. The number of carbonyl (C=O) groups excluding carboxylic acids is 1. The number of nitrogens with one attached hydrogen (secondary N) is 1. The van der Waals surface area contributed by atoms with Crippen molar-refractivity contribution in [3.05, 3.63) is 17.2 Å². The van der Waals surface area contributed by atoms with E-state index < -0.39 is 0 Å². The lowest BCUT2D eigenvalue weighted by Crippen LogP contribution is -2.32. The van der Waals surface area contributed by atoms with Gasteiger partial charge in [0.15, 0.2) is 0 Å². The maximum absolute atomic E-state index is 12.0. The van der Waals surface area contributed by atoms with Crippen LogP contribution in [0.3, 0.4) is 0 Å². The zero-order valence-electron chi connectivity index (χ0n) is 13.0. The second kappa shape index (κ2) is 8.62. The zero-order chi connectivity index (χ0) is 15.8. The van der Waals surface area contributed by atoms with E-state index in [0.717, 1.165) is 19.4 Å². The summed E-state index contributed by atoms with van der Waals surface area (Å²) in [5.41, 5.74) is 0.677. The van der Waals surface area contributed by atoms with Gasteiger partial charge in [0.2, 0.25) is 5.91 Å². The van der Waals surface area contributed by atoms with Crippen LogP contribution in [0.15, 0.2) is 12.1 Å². The summed E-state index contributed by atoms with van der Waals surface area (Å²) >= 11 is 6.04. The van der Waals surface area contributed by atoms with E-state index in [1.54, 1.807) is 38.3 Å². The van der Waals surface area contributed by atoms with Crippen molar-refractivity contribution < 1.29 is 14.3 Å². The van der Waals surface area contributed by atoms with E-state index in [1.165, 1.54) is 0 Å². The molecule has 0 aliphatic carbocycles. The monoisotopic (exact) mass is 314 g/mol. The van der Waals surface area contributed by atoms with Crippen LogP contribution < -0.4 is 14.8 Å². The summed E-state index contributed by atoms with van der Waals surface area (Å²) in [6, 6.07) is 3.38. The quantitative estimate of drug-likeness (QED) is 0.801. The number of ether oxygens (including phenoxy) is 2. The van der Waals surface area contributed by atoms with E-state index in [0.29, 0.717) is 22.2 Å². The maximum atomic E-state index is 12.0. The molecule has 0 fully saturated rings. The molecule has 0 radical (unpaired) electrons. The minimum atomic E-state index is 0.0272. The van der Waals surface area contributed by atoms with Gasteiger partial charge in [-0.25, -0.2) is 0 Å². The minimum Gasteiger partial charge on any atom is -0.495 e. The molecule has 1 aromatic carbocycles. The van der Waals surface area contributed by atoms with Crippen molar-refractivity contribution in [1.29, 1.82) is 0 Å². The van der Waals surface area contributed by atoms with Gasteiger partial charge in [-0.15, -0.1) is 0 Å². The van der Waals surface area contributed by atoms with E-state index in [4.69, 9.17) is 21.1 Å². The molecule has 0 saturated carbocycles. The Labute approximate surface area is 131 Å². The van der Waals surface area contributed by atoms with Gasteiger partial charge in [0.25, 0.3) is 0 Å². The molecule has 1 amide bonds. The molecule has 0 atom stereocenters. The molecule has 1 rings (SSSR count). The van der Waals surface area contributed by atoms with Crippen molar-refractivity contribution in [3.8, 4) is 11.5 Å². The minimum absolute atomic E-state index is 0.0272. The molecule has 0 unspecified atom stereocenters. The van der Waals surface area contributed by atoms with Gasteiger partial charge in [0, 0.05) is 25.7 Å². The van der Waals surface area contributed by atoms with E-state index in [-0.39, 0.29) is 12.5 Å². The van der Waals surface area contributed by atoms with E-state index >= 15 is 0 Å². The van der Waals surface area contributed by atoms with E-state index in [2.05, 4.69) is 12.2 Å². The number of methoxy groups -OCH3 is 2. The lowest BCUT2D eigenvalue weighted by molar-refractivity contribution is -0.128. The molecule has 0 bridgehead atoms. The Morgan fingerprint density at radius 3 is 2.52 bits per heavy atom. The van der Waals surface area contributed by atoms with Crippen LogP contribution in [0, 0.1) is 0 Å². The van der Waals surface area contributed by atoms with Crippen LogP contribution in [0.5, 0.6) is 11.5 Å². The summed E-state index contributed by atoms with van der Waals surface area (Å²) < 4.78 is 10.4. The van der Waals surface area contributed by atoms with Crippen LogP contribution in [-0.4, -0.2) is 45.2 Å². The number of nitrogens with zero attached hydrogens (tertiary/aromatic N) is 1. The molecule has 1 N–H and O–H groups in total. The number of likely N-dealkylation sites (N-methyl/N-ethyl adjacent to an activating group) is 1. The van der Waals surface area contributed by atoms with Crippen LogP contribution in [0.4, 0.5) is 5.69 Å². The van der Waals surface area contributed by atoms with Gasteiger partial charge in [-0.2, -0.15) is 0 Å². The summed E-state index contributed by atoms with van der Waals surface area (Å²) in [5.74, 6) is 1.14. The van der Waals surface area contributed by atoms with Crippen molar-refractivity contribution in [2.24, 2.45) is 0 Å². The third-order valence-corrected chi connectivity index (χ3v) is 3.47. The Balaban J connectivity index is 2.72. The molecule has 21 heavy (non-hydrogen) atoms. The average molecular weight is 315 g/mol. The Bertz CT molecular complexity index is 480. The number of unbranched alkanes of at least 4 members (excludes halogenated alkanes) is 1. The fourth-order valence-corrected chi connectivity index (χ4v) is 2.06. The standard InChI is InChI=1S/C15H23ClN2O3/c1-5-6-7-18(2)15(19)10-17-12-9-13(20-3)11(16)8-14(12)21-4/h8-9,17H,5-7,10H2,1-4H3. The van der Waals surface area contributed by atoms with E-state index in [9.17, 15) is 4.79 Å². The van der Waals surface area contributed by atoms with Gasteiger partial charge in [0.1, 0.15) is 11.5 Å². The number of rotatable bonds is 8. The van der Waals surface area contributed by atoms with Crippen LogP contribution in [0.25, 0.3) is 0 Å². The molecule has 6 heteroatoms. The zero-order valence-corrected chi connectivity index (χ0v) is 13.8. The first kappa shape index (κ1) is 17.4. The Morgan fingerprint density at radius 1 is 1.29 bits per heavy atom. The van der Waals surface area contributed by atoms with Crippen LogP contribution in [0.1, 0.15) is 19.8 Å². The Morgan fingerprint density at radius 2 is 1.95 bits per heavy atom. The van der Waals surface area contributed by atoms with Gasteiger partial charge in [-0.1, -0.05) is 24.9 Å². The Kier molecular flexibility index (Phi) is 7.15.